The molecule has 1 heterocycles. The van der Waals surface area contributed by atoms with Gasteiger partial charge in [0.1, 0.15) is 5.54 Å². The summed E-state index contributed by atoms with van der Waals surface area (Å²) in [6, 6.07) is 0.369. The van der Waals surface area contributed by atoms with Crippen molar-refractivity contribution in [2.24, 2.45) is 5.73 Å². The highest BCUT2D eigenvalue weighted by molar-refractivity contribution is 5.86. The van der Waals surface area contributed by atoms with Gasteiger partial charge in [0.15, 0.2) is 0 Å². The van der Waals surface area contributed by atoms with Crippen molar-refractivity contribution in [3.05, 3.63) is 0 Å². The van der Waals surface area contributed by atoms with Gasteiger partial charge in [0.05, 0.1) is 6.61 Å². The molecule has 0 aromatic heterocycles. The zero-order valence-electron chi connectivity index (χ0n) is 7.71. The molecule has 0 radical (unpaired) electrons. The maximum atomic E-state index is 11.7. The van der Waals surface area contributed by atoms with E-state index in [1.54, 1.807) is 0 Å². The van der Waals surface area contributed by atoms with E-state index >= 15 is 0 Å². The zero-order valence-corrected chi connectivity index (χ0v) is 7.71. The Balaban J connectivity index is 1.87. The molecular weight excluding hydrogens is 168 g/mol. The van der Waals surface area contributed by atoms with Gasteiger partial charge in [0.2, 0.25) is 5.91 Å². The fourth-order valence-corrected chi connectivity index (χ4v) is 1.64. The standard InChI is InChI=1S/C9H16N2O2/c10-9(4-5-13-6-9)8(12)11-7-2-1-3-7/h7H,1-6,10H2,(H,11,12). The van der Waals surface area contributed by atoms with Crippen LogP contribution in [0.15, 0.2) is 0 Å². The van der Waals surface area contributed by atoms with Gasteiger partial charge in [0.25, 0.3) is 0 Å². The summed E-state index contributed by atoms with van der Waals surface area (Å²) in [7, 11) is 0. The van der Waals surface area contributed by atoms with Gasteiger partial charge in [-0.15, -0.1) is 0 Å². The average molecular weight is 184 g/mol. The maximum absolute atomic E-state index is 11.7. The van der Waals surface area contributed by atoms with Crippen LogP contribution in [0.1, 0.15) is 25.7 Å². The molecule has 0 spiro atoms. The Morgan fingerprint density at radius 1 is 1.54 bits per heavy atom. The summed E-state index contributed by atoms with van der Waals surface area (Å²) < 4.78 is 5.13. The van der Waals surface area contributed by atoms with Crippen LogP contribution >= 0.6 is 0 Å². The van der Waals surface area contributed by atoms with Crippen molar-refractivity contribution >= 4 is 5.91 Å². The van der Waals surface area contributed by atoms with Crippen LogP contribution in [-0.2, 0) is 9.53 Å². The van der Waals surface area contributed by atoms with Crippen LogP contribution in [-0.4, -0.2) is 30.7 Å². The van der Waals surface area contributed by atoms with Gasteiger partial charge < -0.3 is 15.8 Å². The number of ether oxygens (including phenoxy) is 1. The van der Waals surface area contributed by atoms with Crippen LogP contribution in [0.25, 0.3) is 0 Å². The lowest BCUT2D eigenvalue weighted by Gasteiger charge is -2.30. The average Bonchev–Trinajstić information content (AvgIpc) is 2.45. The molecule has 1 amide bonds. The number of hydrogen-bond acceptors (Lipinski definition) is 3. The summed E-state index contributed by atoms with van der Waals surface area (Å²) in [6.07, 6.45) is 4.07. The Hall–Kier alpha value is -0.610. The SMILES string of the molecule is NC1(C(=O)NC2CCC2)CCOC1. The van der Waals surface area contributed by atoms with Crippen molar-refractivity contribution < 1.29 is 9.53 Å². The number of nitrogens with two attached hydrogens (primary N) is 1. The summed E-state index contributed by atoms with van der Waals surface area (Å²) in [6.45, 7) is 0.972. The van der Waals surface area contributed by atoms with Crippen LogP contribution in [0, 0.1) is 0 Å². The lowest BCUT2D eigenvalue weighted by Crippen LogP contribution is -2.57. The van der Waals surface area contributed by atoms with Crippen molar-refractivity contribution in [1.82, 2.24) is 5.32 Å². The van der Waals surface area contributed by atoms with Crippen LogP contribution in [0.2, 0.25) is 0 Å². The molecule has 1 aliphatic carbocycles. The van der Waals surface area contributed by atoms with E-state index in [1.165, 1.54) is 6.42 Å². The van der Waals surface area contributed by atoms with Crippen molar-refractivity contribution in [3.8, 4) is 0 Å². The zero-order chi connectivity index (χ0) is 9.31. The minimum absolute atomic E-state index is 0.0327. The molecule has 1 aliphatic heterocycles. The Morgan fingerprint density at radius 3 is 2.77 bits per heavy atom. The lowest BCUT2D eigenvalue weighted by molar-refractivity contribution is -0.127. The highest BCUT2D eigenvalue weighted by atomic mass is 16.5. The molecule has 0 aromatic carbocycles. The third-order valence-corrected chi connectivity index (χ3v) is 2.94. The molecule has 2 aliphatic rings. The molecule has 13 heavy (non-hydrogen) atoms. The third kappa shape index (κ3) is 1.69. The van der Waals surface area contributed by atoms with Crippen molar-refractivity contribution in [2.45, 2.75) is 37.3 Å². The molecule has 1 saturated carbocycles. The second kappa shape index (κ2) is 3.27. The number of nitrogens with one attached hydrogen (secondary N) is 1. The lowest BCUT2D eigenvalue weighted by atomic mass is 9.91. The second-order valence-electron chi connectivity index (χ2n) is 4.06. The quantitative estimate of drug-likeness (QED) is 0.623. The van der Waals surface area contributed by atoms with Crippen LogP contribution in [0.3, 0.4) is 0 Å². The summed E-state index contributed by atoms with van der Waals surface area (Å²) >= 11 is 0. The third-order valence-electron chi connectivity index (χ3n) is 2.94. The predicted octanol–water partition coefficient (Wildman–Crippen LogP) is -0.227. The van der Waals surface area contributed by atoms with Crippen molar-refractivity contribution in [2.75, 3.05) is 13.2 Å². The molecule has 1 saturated heterocycles. The molecule has 3 N–H and O–H groups in total. The molecule has 0 bridgehead atoms. The van der Waals surface area contributed by atoms with Crippen molar-refractivity contribution in [1.29, 1.82) is 0 Å². The Labute approximate surface area is 77.8 Å². The normalized spacial score (nSPS) is 34.2. The number of rotatable bonds is 2. The van der Waals surface area contributed by atoms with Crippen LogP contribution < -0.4 is 11.1 Å². The minimum atomic E-state index is -0.754. The molecule has 1 unspecified atom stereocenters. The van der Waals surface area contributed by atoms with Crippen LogP contribution in [0.4, 0.5) is 0 Å². The van der Waals surface area contributed by atoms with E-state index < -0.39 is 5.54 Å². The van der Waals surface area contributed by atoms with Gasteiger partial charge in [-0.1, -0.05) is 0 Å². The molecule has 0 aromatic rings. The minimum Gasteiger partial charge on any atom is -0.379 e. The van der Waals surface area contributed by atoms with Gasteiger partial charge in [-0.2, -0.15) is 0 Å². The predicted molar refractivity (Wildman–Crippen MR) is 48.1 cm³/mol. The van der Waals surface area contributed by atoms with E-state index in [0.29, 0.717) is 25.7 Å². The van der Waals surface area contributed by atoms with Gasteiger partial charge in [-0.3, -0.25) is 4.79 Å². The summed E-state index contributed by atoms with van der Waals surface area (Å²) in [5.74, 6) is -0.0327. The van der Waals surface area contributed by atoms with Gasteiger partial charge in [-0.25, -0.2) is 0 Å². The van der Waals surface area contributed by atoms with E-state index in [0.717, 1.165) is 12.8 Å². The Bertz CT molecular complexity index is 208. The number of carbonyl (C=O) groups is 1. The fourth-order valence-electron chi connectivity index (χ4n) is 1.64. The second-order valence-corrected chi connectivity index (χ2v) is 4.06. The molecule has 4 nitrogen and oxygen atoms in total. The van der Waals surface area contributed by atoms with Gasteiger partial charge >= 0.3 is 0 Å². The Morgan fingerprint density at radius 2 is 2.31 bits per heavy atom. The Kier molecular flexibility index (Phi) is 2.26. The highest BCUT2D eigenvalue weighted by Gasteiger charge is 2.39. The summed E-state index contributed by atoms with van der Waals surface area (Å²) in [4.78, 5) is 11.7. The molecule has 2 rings (SSSR count). The van der Waals surface area contributed by atoms with Crippen LogP contribution in [0.5, 0.6) is 0 Å². The van der Waals surface area contributed by atoms with Gasteiger partial charge in [-0.05, 0) is 25.7 Å². The first-order valence-corrected chi connectivity index (χ1v) is 4.88. The monoisotopic (exact) mass is 184 g/mol. The van der Waals surface area contributed by atoms with Crippen molar-refractivity contribution in [3.63, 3.8) is 0 Å². The number of hydrogen-bond donors (Lipinski definition) is 2. The van der Waals surface area contributed by atoms with E-state index in [4.69, 9.17) is 10.5 Å². The van der Waals surface area contributed by atoms with E-state index in [2.05, 4.69) is 5.32 Å². The molecular formula is C9H16N2O2. The molecule has 4 heteroatoms. The first kappa shape index (κ1) is 8.97. The number of amides is 1. The molecule has 2 fully saturated rings. The first-order chi connectivity index (χ1) is 6.21. The smallest absolute Gasteiger partial charge is 0.242 e. The largest absolute Gasteiger partial charge is 0.379 e. The summed E-state index contributed by atoms with van der Waals surface area (Å²) in [5.41, 5.74) is 5.14. The highest BCUT2D eigenvalue weighted by Crippen LogP contribution is 2.21. The first-order valence-electron chi connectivity index (χ1n) is 4.88. The fraction of sp³-hybridized carbons (Fsp3) is 0.889. The maximum Gasteiger partial charge on any atom is 0.242 e. The van der Waals surface area contributed by atoms with E-state index in [-0.39, 0.29) is 5.91 Å². The van der Waals surface area contributed by atoms with E-state index in [1.807, 2.05) is 0 Å². The topological polar surface area (TPSA) is 64.4 Å². The van der Waals surface area contributed by atoms with E-state index in [9.17, 15) is 4.79 Å². The molecule has 1 atom stereocenters. The number of carbonyl (C=O) groups excluding carboxylic acids is 1. The molecule has 74 valence electrons. The summed E-state index contributed by atoms with van der Waals surface area (Å²) in [5, 5.41) is 2.95. The van der Waals surface area contributed by atoms with Gasteiger partial charge in [0, 0.05) is 12.6 Å².